The number of hydrogen-bond donors (Lipinski definition) is 2. The largest absolute Gasteiger partial charge is 0.508 e. The van der Waals surface area contributed by atoms with Gasteiger partial charge in [0.05, 0.1) is 0 Å². The molecular formula is C29H48O2. The quantitative estimate of drug-likeness (QED) is 0.460. The molecule has 0 amide bonds. The Morgan fingerprint density at radius 1 is 0.613 bits per heavy atom. The summed E-state index contributed by atoms with van der Waals surface area (Å²) in [5.74, 6) is 0.869. The van der Waals surface area contributed by atoms with Crippen molar-refractivity contribution in [1.82, 2.24) is 0 Å². The maximum atomic E-state index is 10.8. The summed E-state index contributed by atoms with van der Waals surface area (Å²) in [7, 11) is 0. The van der Waals surface area contributed by atoms with E-state index in [1.165, 1.54) is 0 Å². The van der Waals surface area contributed by atoms with Gasteiger partial charge in [0.15, 0.2) is 0 Å². The first kappa shape index (κ1) is 25.8. The fourth-order valence-electron chi connectivity index (χ4n) is 5.18. The lowest BCUT2D eigenvalue weighted by atomic mass is 9.49. The van der Waals surface area contributed by atoms with Gasteiger partial charge in [-0.2, -0.15) is 0 Å². The summed E-state index contributed by atoms with van der Waals surface area (Å²) < 4.78 is 0. The molecule has 0 saturated heterocycles. The molecule has 0 spiro atoms. The second-order valence-corrected chi connectivity index (χ2v) is 14.2. The average Bonchev–Trinajstić information content (AvgIpc) is 2.54. The molecule has 0 aliphatic heterocycles. The number of rotatable bonds is 2. The lowest BCUT2D eigenvalue weighted by molar-refractivity contribution is 0.0223. The van der Waals surface area contributed by atoms with Crippen LogP contribution in [-0.2, 0) is 0 Å². The molecule has 2 aliphatic carbocycles. The zero-order valence-electron chi connectivity index (χ0n) is 22.3. The van der Waals surface area contributed by atoms with Crippen LogP contribution in [0, 0.1) is 32.5 Å². The van der Waals surface area contributed by atoms with Crippen LogP contribution in [0.2, 0.25) is 0 Å². The molecule has 2 atom stereocenters. The zero-order chi connectivity index (χ0) is 24.3. The predicted molar refractivity (Wildman–Crippen MR) is 134 cm³/mol. The van der Waals surface area contributed by atoms with Gasteiger partial charge in [-0.05, 0) is 75.1 Å². The van der Waals surface area contributed by atoms with Gasteiger partial charge in [-0.15, -0.1) is 0 Å². The average molecular weight is 429 g/mol. The molecule has 0 aromatic rings. The summed E-state index contributed by atoms with van der Waals surface area (Å²) in [6.45, 7) is 27.1. The van der Waals surface area contributed by atoms with Gasteiger partial charge in [0.2, 0.25) is 0 Å². The second-order valence-electron chi connectivity index (χ2n) is 14.2. The highest BCUT2D eigenvalue weighted by molar-refractivity contribution is 5.40. The van der Waals surface area contributed by atoms with Gasteiger partial charge in [0.1, 0.15) is 11.5 Å². The molecule has 0 fully saturated rings. The minimum Gasteiger partial charge on any atom is -0.508 e. The van der Waals surface area contributed by atoms with Crippen LogP contribution in [0.1, 0.15) is 102 Å². The van der Waals surface area contributed by atoms with E-state index in [1.54, 1.807) is 0 Å². The predicted octanol–water partition coefficient (Wildman–Crippen LogP) is 9.08. The van der Waals surface area contributed by atoms with Gasteiger partial charge in [-0.3, -0.25) is 0 Å². The van der Waals surface area contributed by atoms with Crippen molar-refractivity contribution in [1.29, 1.82) is 0 Å². The van der Waals surface area contributed by atoms with Crippen LogP contribution >= 0.6 is 0 Å². The minimum absolute atomic E-state index is 0.0118. The summed E-state index contributed by atoms with van der Waals surface area (Å²) in [5.41, 5.74) is 1.67. The molecule has 176 valence electrons. The molecule has 0 heterocycles. The van der Waals surface area contributed by atoms with E-state index in [2.05, 4.69) is 95.2 Å². The van der Waals surface area contributed by atoms with Crippen molar-refractivity contribution in [2.45, 2.75) is 102 Å². The van der Waals surface area contributed by atoms with Crippen LogP contribution in [0.4, 0.5) is 0 Å². The molecule has 0 bridgehead atoms. The molecule has 0 saturated carbocycles. The lowest BCUT2D eigenvalue weighted by Crippen LogP contribution is -2.46. The first-order valence-electron chi connectivity index (χ1n) is 11.9. The molecule has 2 N–H and O–H groups in total. The van der Waals surface area contributed by atoms with Crippen molar-refractivity contribution in [2.24, 2.45) is 32.5 Å². The monoisotopic (exact) mass is 428 g/mol. The number of aliphatic hydroxyl groups excluding tert-OH is 2. The van der Waals surface area contributed by atoms with Gasteiger partial charge in [0.25, 0.3) is 0 Å². The Bertz CT molecular complexity index is 752. The third kappa shape index (κ3) is 4.83. The van der Waals surface area contributed by atoms with Crippen LogP contribution in [0.3, 0.4) is 0 Å². The van der Waals surface area contributed by atoms with Crippen molar-refractivity contribution >= 4 is 0 Å². The van der Waals surface area contributed by atoms with E-state index in [0.29, 0.717) is 11.5 Å². The SMILES string of the molecule is CC(C)(C)C1=CC(CC2(C(C)(C)C)C=C(C(C)(C)C)C(O)=CC2)(C(C)(C)C)CC=C1O. The Hall–Kier alpha value is -1.44. The Morgan fingerprint density at radius 2 is 0.903 bits per heavy atom. The van der Waals surface area contributed by atoms with Crippen molar-refractivity contribution < 1.29 is 10.2 Å². The first-order chi connectivity index (χ1) is 13.7. The molecule has 2 aliphatic rings. The van der Waals surface area contributed by atoms with Gasteiger partial charge in [-0.25, -0.2) is 0 Å². The van der Waals surface area contributed by atoms with Crippen LogP contribution in [0.5, 0.6) is 0 Å². The molecule has 2 nitrogen and oxygen atoms in total. The number of hydrogen-bond acceptors (Lipinski definition) is 2. The van der Waals surface area contributed by atoms with E-state index in [0.717, 1.165) is 30.4 Å². The summed E-state index contributed by atoms with van der Waals surface area (Å²) in [4.78, 5) is 0. The number of aliphatic hydroxyl groups is 2. The van der Waals surface area contributed by atoms with E-state index < -0.39 is 0 Å². The van der Waals surface area contributed by atoms with Crippen LogP contribution in [0.15, 0.2) is 47.0 Å². The lowest BCUT2D eigenvalue weighted by Gasteiger charge is -2.55. The normalized spacial score (nSPS) is 28.5. The number of allylic oxidation sites excluding steroid dienone is 6. The Morgan fingerprint density at radius 3 is 1.13 bits per heavy atom. The Kier molecular flexibility index (Phi) is 6.30. The molecule has 0 radical (unpaired) electrons. The van der Waals surface area contributed by atoms with Crippen molar-refractivity contribution in [3.05, 3.63) is 47.0 Å². The highest BCUT2D eigenvalue weighted by atomic mass is 16.3. The summed E-state index contributed by atoms with van der Waals surface area (Å²) in [6, 6.07) is 0. The van der Waals surface area contributed by atoms with E-state index in [1.807, 2.05) is 12.2 Å². The van der Waals surface area contributed by atoms with E-state index in [4.69, 9.17) is 0 Å². The highest BCUT2D eigenvalue weighted by Gasteiger charge is 2.52. The first-order valence-corrected chi connectivity index (χ1v) is 11.9. The Balaban J connectivity index is 2.76. The van der Waals surface area contributed by atoms with Gasteiger partial charge in [-0.1, -0.05) is 95.2 Å². The molecule has 31 heavy (non-hydrogen) atoms. The van der Waals surface area contributed by atoms with Gasteiger partial charge in [0, 0.05) is 0 Å². The molecule has 0 aromatic carbocycles. The maximum Gasteiger partial charge on any atom is 0.115 e. The van der Waals surface area contributed by atoms with Crippen LogP contribution < -0.4 is 0 Å². The summed E-state index contributed by atoms with van der Waals surface area (Å²) in [6.07, 6.45) is 11.5. The van der Waals surface area contributed by atoms with Crippen LogP contribution in [-0.4, -0.2) is 10.2 Å². The fraction of sp³-hybridized carbons (Fsp3) is 0.724. The zero-order valence-corrected chi connectivity index (χ0v) is 22.3. The standard InChI is InChI=1S/C29H48O2/c1-24(2,3)20-17-28(26(7,8)9,15-13-22(20)30)19-29(27(10,11)12)16-14-23(31)21(18-29)25(4,5)6/h13-14,17-18,30-31H,15-16,19H2,1-12H3. The van der Waals surface area contributed by atoms with Crippen molar-refractivity contribution in [3.63, 3.8) is 0 Å². The van der Waals surface area contributed by atoms with E-state index in [9.17, 15) is 10.2 Å². The van der Waals surface area contributed by atoms with Crippen molar-refractivity contribution in [3.8, 4) is 0 Å². The Labute approximate surface area is 192 Å². The smallest absolute Gasteiger partial charge is 0.115 e. The summed E-state index contributed by atoms with van der Waals surface area (Å²) in [5, 5.41) is 21.5. The summed E-state index contributed by atoms with van der Waals surface area (Å²) >= 11 is 0. The topological polar surface area (TPSA) is 40.5 Å². The van der Waals surface area contributed by atoms with E-state index in [-0.39, 0.29) is 32.5 Å². The third-order valence-corrected chi connectivity index (χ3v) is 7.95. The fourth-order valence-corrected chi connectivity index (χ4v) is 5.18. The van der Waals surface area contributed by atoms with Gasteiger partial charge >= 0.3 is 0 Å². The van der Waals surface area contributed by atoms with Crippen LogP contribution in [0.25, 0.3) is 0 Å². The molecule has 2 unspecified atom stereocenters. The third-order valence-electron chi connectivity index (χ3n) is 7.95. The second kappa shape index (κ2) is 7.56. The minimum atomic E-state index is -0.121. The molecular weight excluding hydrogens is 380 g/mol. The molecule has 2 rings (SSSR count). The highest BCUT2D eigenvalue weighted by Crippen LogP contribution is 2.61. The maximum absolute atomic E-state index is 10.8. The van der Waals surface area contributed by atoms with E-state index >= 15 is 0 Å². The molecule has 2 heteroatoms. The van der Waals surface area contributed by atoms with Crippen molar-refractivity contribution in [2.75, 3.05) is 0 Å². The molecule has 0 aromatic heterocycles. The van der Waals surface area contributed by atoms with Gasteiger partial charge < -0.3 is 10.2 Å².